The van der Waals surface area contributed by atoms with E-state index >= 15 is 0 Å². The zero-order valence-corrected chi connectivity index (χ0v) is 13.5. The van der Waals surface area contributed by atoms with Gasteiger partial charge in [0.25, 0.3) is 0 Å². The monoisotopic (exact) mass is 303 g/mol. The van der Waals surface area contributed by atoms with Crippen LogP contribution in [-0.2, 0) is 0 Å². The van der Waals surface area contributed by atoms with E-state index in [1.54, 1.807) is 0 Å². The highest BCUT2D eigenvalue weighted by Crippen LogP contribution is 2.40. The highest BCUT2D eigenvalue weighted by Gasteiger charge is 2.27. The van der Waals surface area contributed by atoms with Crippen molar-refractivity contribution in [2.75, 3.05) is 11.6 Å². The van der Waals surface area contributed by atoms with Gasteiger partial charge in [0.2, 0.25) is 0 Å². The lowest BCUT2D eigenvalue weighted by molar-refractivity contribution is 0.475. The normalized spacial score (nSPS) is 17.2. The summed E-state index contributed by atoms with van der Waals surface area (Å²) in [6, 6.07) is 13.6. The van der Waals surface area contributed by atoms with Gasteiger partial charge in [0.15, 0.2) is 0 Å². The molecule has 1 aromatic carbocycles. The zero-order chi connectivity index (χ0) is 13.8. The van der Waals surface area contributed by atoms with Crippen molar-refractivity contribution in [1.82, 2.24) is 0 Å². The second kappa shape index (κ2) is 6.68. The topological polar surface area (TPSA) is 12.0 Å². The molecule has 1 aliphatic rings. The maximum absolute atomic E-state index is 3.83. The molecule has 1 heterocycles. The molecule has 1 fully saturated rings. The number of thioether (sulfide) groups is 1. The first-order valence-corrected chi connectivity index (χ1v) is 9.42. The van der Waals surface area contributed by atoms with Gasteiger partial charge in [-0.3, -0.25) is 0 Å². The molecule has 0 aliphatic heterocycles. The maximum atomic E-state index is 3.83. The van der Waals surface area contributed by atoms with Crippen LogP contribution >= 0.6 is 23.1 Å². The maximum Gasteiger partial charge on any atom is 0.0635 e. The Bertz CT molecular complexity index is 530. The fourth-order valence-electron chi connectivity index (χ4n) is 3.11. The third-order valence-corrected chi connectivity index (χ3v) is 5.89. The summed E-state index contributed by atoms with van der Waals surface area (Å²) in [6.45, 7) is 0. The summed E-state index contributed by atoms with van der Waals surface area (Å²) >= 11 is 3.70. The van der Waals surface area contributed by atoms with Crippen LogP contribution in [0.4, 0.5) is 5.69 Å². The predicted molar refractivity (Wildman–Crippen MR) is 90.9 cm³/mol. The van der Waals surface area contributed by atoms with Gasteiger partial charge in [-0.05, 0) is 48.6 Å². The summed E-state index contributed by atoms with van der Waals surface area (Å²) in [5.74, 6) is 0.781. The highest BCUT2D eigenvalue weighted by atomic mass is 32.2. The van der Waals surface area contributed by atoms with E-state index in [4.69, 9.17) is 0 Å². The fraction of sp³-hybridized carbons (Fsp3) is 0.412. The second-order valence-corrected chi connectivity index (χ2v) is 7.21. The summed E-state index contributed by atoms with van der Waals surface area (Å²) < 4.78 is 0. The summed E-state index contributed by atoms with van der Waals surface area (Å²) in [4.78, 5) is 2.82. The van der Waals surface area contributed by atoms with Crippen LogP contribution < -0.4 is 5.32 Å². The molecule has 0 radical (unpaired) electrons. The number of rotatable bonds is 5. The minimum Gasteiger partial charge on any atom is -0.376 e. The molecular formula is C17H21NS2. The van der Waals surface area contributed by atoms with Crippen LogP contribution in [0.25, 0.3) is 0 Å². The Morgan fingerprint density at radius 2 is 1.95 bits per heavy atom. The number of para-hydroxylation sites is 1. The Balaban J connectivity index is 1.86. The number of anilines is 1. The third-order valence-electron chi connectivity index (χ3n) is 4.14. The number of hydrogen-bond acceptors (Lipinski definition) is 3. The molecule has 20 heavy (non-hydrogen) atoms. The van der Waals surface area contributed by atoms with Gasteiger partial charge in [0.05, 0.1) is 6.04 Å². The number of benzene rings is 1. The molecule has 0 amide bonds. The summed E-state index contributed by atoms with van der Waals surface area (Å²) in [5, 5.41) is 6.03. The van der Waals surface area contributed by atoms with Gasteiger partial charge >= 0.3 is 0 Å². The van der Waals surface area contributed by atoms with Crippen LogP contribution in [-0.4, -0.2) is 6.26 Å². The van der Waals surface area contributed by atoms with Gasteiger partial charge in [-0.2, -0.15) is 0 Å². The molecular weight excluding hydrogens is 282 g/mol. The molecule has 3 rings (SSSR count). The highest BCUT2D eigenvalue weighted by molar-refractivity contribution is 7.98. The van der Waals surface area contributed by atoms with E-state index in [9.17, 15) is 0 Å². The van der Waals surface area contributed by atoms with E-state index in [-0.39, 0.29) is 0 Å². The van der Waals surface area contributed by atoms with Crippen molar-refractivity contribution in [2.24, 2.45) is 5.92 Å². The standard InChI is InChI=1S/C17H21NS2/c1-19-15-10-5-4-9-14(15)18-17(13-7-2-3-8-13)16-11-6-12-20-16/h4-6,9-13,17-18H,2-3,7-8H2,1H3. The molecule has 1 nitrogen and oxygen atoms in total. The van der Waals surface area contributed by atoms with Crippen LogP contribution in [0.5, 0.6) is 0 Å². The minimum atomic E-state index is 0.478. The molecule has 1 aromatic heterocycles. The van der Waals surface area contributed by atoms with Gasteiger partial charge in [0, 0.05) is 15.5 Å². The molecule has 1 atom stereocenters. The van der Waals surface area contributed by atoms with E-state index in [2.05, 4.69) is 53.4 Å². The van der Waals surface area contributed by atoms with Crippen LogP contribution in [0.3, 0.4) is 0 Å². The van der Waals surface area contributed by atoms with Gasteiger partial charge in [-0.15, -0.1) is 23.1 Å². The molecule has 1 saturated carbocycles. The van der Waals surface area contributed by atoms with Crippen molar-refractivity contribution >= 4 is 28.8 Å². The largest absolute Gasteiger partial charge is 0.376 e. The lowest BCUT2D eigenvalue weighted by Gasteiger charge is -2.26. The van der Waals surface area contributed by atoms with Gasteiger partial charge < -0.3 is 5.32 Å². The average molecular weight is 303 g/mol. The average Bonchev–Trinajstić information content (AvgIpc) is 3.18. The molecule has 1 N–H and O–H groups in total. The van der Waals surface area contributed by atoms with Gasteiger partial charge in [0.1, 0.15) is 0 Å². The Morgan fingerprint density at radius 1 is 1.15 bits per heavy atom. The van der Waals surface area contributed by atoms with Crippen molar-refractivity contribution in [3.8, 4) is 0 Å². The van der Waals surface area contributed by atoms with Crippen LogP contribution in [0.2, 0.25) is 0 Å². The zero-order valence-electron chi connectivity index (χ0n) is 11.8. The fourth-order valence-corrected chi connectivity index (χ4v) is 4.54. The summed E-state index contributed by atoms with van der Waals surface area (Å²) in [5.41, 5.74) is 1.28. The Morgan fingerprint density at radius 3 is 2.65 bits per heavy atom. The van der Waals surface area contributed by atoms with Gasteiger partial charge in [-0.1, -0.05) is 31.0 Å². The molecule has 106 valence electrons. The van der Waals surface area contributed by atoms with Crippen LogP contribution in [0.15, 0.2) is 46.7 Å². The van der Waals surface area contributed by atoms with E-state index < -0.39 is 0 Å². The van der Waals surface area contributed by atoms with E-state index in [0.717, 1.165) is 5.92 Å². The Hall–Kier alpha value is -0.930. The summed E-state index contributed by atoms with van der Waals surface area (Å²) in [6.07, 6.45) is 7.64. The first kappa shape index (κ1) is 14.0. The van der Waals surface area contributed by atoms with E-state index in [0.29, 0.717) is 6.04 Å². The first-order valence-electron chi connectivity index (χ1n) is 7.31. The molecule has 1 aliphatic carbocycles. The molecule has 0 bridgehead atoms. The smallest absolute Gasteiger partial charge is 0.0635 e. The van der Waals surface area contributed by atoms with Crippen molar-refractivity contribution < 1.29 is 0 Å². The summed E-state index contributed by atoms with van der Waals surface area (Å²) in [7, 11) is 0. The minimum absolute atomic E-state index is 0.478. The predicted octanol–water partition coefficient (Wildman–Crippen LogP) is 5.81. The number of nitrogens with one attached hydrogen (secondary N) is 1. The second-order valence-electron chi connectivity index (χ2n) is 5.38. The Kier molecular flexibility index (Phi) is 4.69. The quantitative estimate of drug-likeness (QED) is 0.699. The van der Waals surface area contributed by atoms with Crippen molar-refractivity contribution in [1.29, 1.82) is 0 Å². The van der Waals surface area contributed by atoms with Crippen LogP contribution in [0, 0.1) is 5.92 Å². The van der Waals surface area contributed by atoms with Crippen molar-refractivity contribution in [2.45, 2.75) is 36.6 Å². The van der Waals surface area contributed by atoms with E-state index in [1.165, 1.54) is 41.1 Å². The van der Waals surface area contributed by atoms with Gasteiger partial charge in [-0.25, -0.2) is 0 Å². The number of thiophene rings is 1. The molecule has 0 spiro atoms. The molecule has 2 aromatic rings. The molecule has 1 unspecified atom stereocenters. The van der Waals surface area contributed by atoms with E-state index in [1.807, 2.05) is 23.1 Å². The lowest BCUT2D eigenvalue weighted by Crippen LogP contribution is -2.18. The lowest BCUT2D eigenvalue weighted by atomic mass is 9.96. The Labute approximate surface area is 129 Å². The number of hydrogen-bond donors (Lipinski definition) is 1. The van der Waals surface area contributed by atoms with Crippen LogP contribution in [0.1, 0.15) is 36.6 Å². The first-order chi connectivity index (χ1) is 9.88. The molecule has 3 heteroatoms. The van der Waals surface area contributed by atoms with Crippen molar-refractivity contribution in [3.63, 3.8) is 0 Å². The third kappa shape index (κ3) is 3.04. The SMILES string of the molecule is CSc1ccccc1NC(c1cccs1)C1CCCC1. The van der Waals surface area contributed by atoms with Crippen molar-refractivity contribution in [3.05, 3.63) is 46.7 Å². The molecule has 0 saturated heterocycles.